The third-order valence-corrected chi connectivity index (χ3v) is 11.6. The third kappa shape index (κ3) is 3.48. The maximum Gasteiger partial charge on any atom is 0.490 e. The van der Waals surface area contributed by atoms with Gasteiger partial charge in [-0.2, -0.15) is 0 Å². The molecule has 0 spiro atoms. The van der Waals surface area contributed by atoms with Crippen molar-refractivity contribution in [2.24, 2.45) is 5.92 Å². The molecule has 26 heavy (non-hydrogen) atoms. The van der Waals surface area contributed by atoms with Crippen LogP contribution in [0.3, 0.4) is 0 Å². The highest BCUT2D eigenvalue weighted by Gasteiger charge is 2.54. The van der Waals surface area contributed by atoms with E-state index in [1.165, 1.54) is 31.2 Å². The van der Waals surface area contributed by atoms with Gasteiger partial charge in [-0.25, -0.2) is 0 Å². The summed E-state index contributed by atoms with van der Waals surface area (Å²) in [5.41, 5.74) is 1.28. The van der Waals surface area contributed by atoms with Gasteiger partial charge in [0.25, 0.3) is 0 Å². The van der Waals surface area contributed by atoms with Gasteiger partial charge < -0.3 is 9.31 Å². The molecule has 0 bridgehead atoms. The molecule has 142 valence electrons. The van der Waals surface area contributed by atoms with Crippen LogP contribution in [0, 0.1) is 5.92 Å². The molecule has 1 aliphatic carbocycles. The smallest absolute Gasteiger partial charge is 0.400 e. The van der Waals surface area contributed by atoms with Crippen molar-refractivity contribution in [2.45, 2.75) is 83.2 Å². The molecule has 1 aromatic rings. The van der Waals surface area contributed by atoms with Gasteiger partial charge in [0, 0.05) is 0 Å². The highest BCUT2D eigenvalue weighted by Crippen LogP contribution is 2.48. The summed E-state index contributed by atoms with van der Waals surface area (Å²) in [6, 6.07) is 11.1. The molecule has 2 aliphatic rings. The molecule has 1 aliphatic heterocycles. The van der Waals surface area contributed by atoms with Crippen LogP contribution in [0.4, 0.5) is 0 Å². The monoisotopic (exact) mass is 370 g/mol. The Balaban J connectivity index is 1.85. The summed E-state index contributed by atoms with van der Waals surface area (Å²) in [7, 11) is -1.87. The highest BCUT2D eigenvalue weighted by molar-refractivity contribution is 6.91. The lowest BCUT2D eigenvalue weighted by atomic mass is 9.67. The van der Waals surface area contributed by atoms with Gasteiger partial charge in [0.1, 0.15) is 0 Å². The Bertz CT molecular complexity index is 637. The second-order valence-corrected chi connectivity index (χ2v) is 14.5. The first-order chi connectivity index (χ1) is 12.1. The summed E-state index contributed by atoms with van der Waals surface area (Å²) in [6.07, 6.45) is 5.15. The molecule has 0 amide bonds. The lowest BCUT2D eigenvalue weighted by molar-refractivity contribution is 0.00578. The zero-order valence-electron chi connectivity index (χ0n) is 17.5. The van der Waals surface area contributed by atoms with Crippen LogP contribution in [0.1, 0.15) is 53.4 Å². The average molecular weight is 370 g/mol. The molecule has 1 aromatic carbocycles. The Morgan fingerprint density at radius 2 is 1.54 bits per heavy atom. The van der Waals surface area contributed by atoms with E-state index in [1.807, 2.05) is 0 Å². The Kier molecular flexibility index (Phi) is 5.33. The molecule has 3 rings (SSSR count). The third-order valence-electron chi connectivity index (χ3n) is 7.24. The maximum absolute atomic E-state index is 6.34. The van der Waals surface area contributed by atoms with E-state index in [0.717, 1.165) is 0 Å². The van der Waals surface area contributed by atoms with Gasteiger partial charge in [-0.15, -0.1) is 6.58 Å². The van der Waals surface area contributed by atoms with Crippen molar-refractivity contribution < 1.29 is 9.31 Å². The van der Waals surface area contributed by atoms with Crippen LogP contribution in [0.5, 0.6) is 0 Å². The van der Waals surface area contributed by atoms with E-state index in [1.54, 1.807) is 5.19 Å². The molecule has 2 nitrogen and oxygen atoms in total. The van der Waals surface area contributed by atoms with Crippen molar-refractivity contribution in [1.29, 1.82) is 0 Å². The van der Waals surface area contributed by atoms with Crippen LogP contribution in [0.15, 0.2) is 42.4 Å². The molecular weight excluding hydrogens is 335 g/mol. The minimum atomic E-state index is -1.60. The van der Waals surface area contributed by atoms with Gasteiger partial charge in [0.15, 0.2) is 0 Å². The van der Waals surface area contributed by atoms with Crippen LogP contribution in [0.25, 0.3) is 0 Å². The van der Waals surface area contributed by atoms with Crippen LogP contribution < -0.4 is 5.19 Å². The van der Waals surface area contributed by atoms with Gasteiger partial charge in [-0.3, -0.25) is 0 Å². The molecular formula is C22H35BO2Si. The molecule has 0 radical (unpaired) electrons. The first-order valence-corrected chi connectivity index (χ1v) is 13.2. The zero-order valence-corrected chi connectivity index (χ0v) is 18.5. The quantitative estimate of drug-likeness (QED) is 0.665. The Hall–Kier alpha value is -0.838. The molecule has 0 aromatic heterocycles. The topological polar surface area (TPSA) is 18.5 Å². The summed E-state index contributed by atoms with van der Waals surface area (Å²) in [5, 5.41) is 1.55. The van der Waals surface area contributed by atoms with Gasteiger partial charge in [0.05, 0.1) is 19.3 Å². The van der Waals surface area contributed by atoms with Crippen molar-refractivity contribution in [3.8, 4) is 0 Å². The first-order valence-electron chi connectivity index (χ1n) is 10.2. The molecule has 1 saturated heterocycles. The molecule has 0 unspecified atom stereocenters. The fourth-order valence-electron chi connectivity index (χ4n) is 4.69. The van der Waals surface area contributed by atoms with E-state index >= 15 is 0 Å². The Labute approximate surface area is 161 Å². The molecule has 1 saturated carbocycles. The van der Waals surface area contributed by atoms with Gasteiger partial charge in [-0.05, 0) is 51.0 Å². The highest BCUT2D eigenvalue weighted by atomic mass is 28.3. The lowest BCUT2D eigenvalue weighted by Gasteiger charge is -2.43. The predicted octanol–water partition coefficient (Wildman–Crippen LogP) is 5.35. The lowest BCUT2D eigenvalue weighted by Crippen LogP contribution is -2.50. The summed E-state index contributed by atoms with van der Waals surface area (Å²) in [5.74, 6) is 0.500. The predicted molar refractivity (Wildman–Crippen MR) is 114 cm³/mol. The molecule has 2 atom stereocenters. The van der Waals surface area contributed by atoms with E-state index in [0.29, 0.717) is 11.5 Å². The van der Waals surface area contributed by atoms with Gasteiger partial charge >= 0.3 is 7.12 Å². The van der Waals surface area contributed by atoms with Crippen LogP contribution >= 0.6 is 0 Å². The van der Waals surface area contributed by atoms with Crippen LogP contribution in [-0.4, -0.2) is 26.4 Å². The van der Waals surface area contributed by atoms with Crippen molar-refractivity contribution in [3.05, 3.63) is 42.4 Å². The van der Waals surface area contributed by atoms with E-state index in [-0.39, 0.29) is 18.3 Å². The van der Waals surface area contributed by atoms with E-state index in [4.69, 9.17) is 9.31 Å². The Morgan fingerprint density at radius 1 is 1.00 bits per heavy atom. The fourth-order valence-corrected chi connectivity index (χ4v) is 8.48. The zero-order chi connectivity index (χ0) is 19.2. The van der Waals surface area contributed by atoms with Gasteiger partial charge in [-0.1, -0.05) is 67.9 Å². The maximum atomic E-state index is 6.34. The Morgan fingerprint density at radius 3 is 2.12 bits per heavy atom. The summed E-state index contributed by atoms with van der Waals surface area (Å²) in [4.78, 5) is 0. The van der Waals surface area contributed by atoms with Gasteiger partial charge in [0.2, 0.25) is 0 Å². The summed E-state index contributed by atoms with van der Waals surface area (Å²) < 4.78 is 12.7. The van der Waals surface area contributed by atoms with Crippen molar-refractivity contribution in [1.82, 2.24) is 0 Å². The fraction of sp³-hybridized carbons (Fsp3) is 0.636. The molecule has 4 heteroatoms. The standard InChI is InChI=1S/C22H35BO2Si/c1-17(23-24-21(2,3)22(4,5)25-23)19-15-11-12-16-20(19)26(6,7)18-13-9-8-10-14-18/h8-10,13-14,19-20H,1,11-12,15-16H2,2-7H3/t19-,20-/m0/s1. The normalized spacial score (nSPS) is 28.2. The van der Waals surface area contributed by atoms with Crippen molar-refractivity contribution in [2.75, 3.05) is 0 Å². The van der Waals surface area contributed by atoms with E-state index in [9.17, 15) is 0 Å². The SMILES string of the molecule is C=C(B1OC(C)(C)C(C)(C)O1)[C@@H]1CCCC[C@@H]1[Si](C)(C)c1ccccc1. The minimum absolute atomic E-state index is 0.272. The van der Waals surface area contributed by atoms with Crippen molar-refractivity contribution in [3.63, 3.8) is 0 Å². The minimum Gasteiger partial charge on any atom is -0.400 e. The second-order valence-electron chi connectivity index (χ2n) is 9.75. The second kappa shape index (κ2) is 6.96. The van der Waals surface area contributed by atoms with Crippen LogP contribution in [0.2, 0.25) is 18.6 Å². The number of hydrogen-bond acceptors (Lipinski definition) is 2. The summed E-state index contributed by atoms with van der Waals surface area (Å²) >= 11 is 0. The van der Waals surface area contributed by atoms with Crippen LogP contribution in [-0.2, 0) is 9.31 Å². The number of rotatable bonds is 4. The molecule has 2 fully saturated rings. The summed E-state index contributed by atoms with van der Waals surface area (Å²) in [6.45, 7) is 18.1. The molecule has 1 heterocycles. The van der Waals surface area contributed by atoms with E-state index < -0.39 is 8.07 Å². The first kappa shape index (κ1) is 19.9. The average Bonchev–Trinajstić information content (AvgIpc) is 2.83. The molecule has 0 N–H and O–H groups in total. The number of benzene rings is 1. The largest absolute Gasteiger partial charge is 0.490 e. The van der Waals surface area contributed by atoms with E-state index in [2.05, 4.69) is 77.7 Å². The number of allylic oxidation sites excluding steroid dienone is 1. The van der Waals surface area contributed by atoms with Crippen molar-refractivity contribution >= 4 is 20.4 Å². The number of hydrogen-bond donors (Lipinski definition) is 0.